The van der Waals surface area contributed by atoms with Crippen molar-refractivity contribution in [2.24, 2.45) is 0 Å². The number of nitrogens with one attached hydrogen (secondary N) is 1. The van der Waals surface area contributed by atoms with Crippen LogP contribution in [-0.2, 0) is 9.59 Å². The Kier molecular flexibility index (Phi) is 6.73. The van der Waals surface area contributed by atoms with Crippen molar-refractivity contribution in [3.8, 4) is 5.75 Å². The number of rotatable bonds is 5. The SMILES string of the molecule is C=CCOc1c(Cl)cc(/C=C2/C(=O)NC(=O)N(c3ccc(Cl)c(Cl)c3)C2=O)cc1Cl. The zero-order valence-electron chi connectivity index (χ0n) is 15.0. The molecule has 0 aliphatic carbocycles. The third kappa shape index (κ3) is 4.47. The first-order valence-electron chi connectivity index (χ1n) is 8.32. The fraction of sp³-hybridized carbons (Fsp3) is 0.0500. The normalized spacial score (nSPS) is 15.4. The highest BCUT2D eigenvalue weighted by Crippen LogP contribution is 2.35. The molecule has 10 heteroatoms. The predicted octanol–water partition coefficient (Wildman–Crippen LogP) is 5.53. The Morgan fingerprint density at radius 2 is 1.63 bits per heavy atom. The van der Waals surface area contributed by atoms with Crippen LogP contribution in [0, 0.1) is 0 Å². The third-order valence-electron chi connectivity index (χ3n) is 3.94. The van der Waals surface area contributed by atoms with Gasteiger partial charge in [0.25, 0.3) is 11.8 Å². The van der Waals surface area contributed by atoms with Crippen molar-refractivity contribution in [3.05, 3.63) is 74.2 Å². The van der Waals surface area contributed by atoms with Crippen LogP contribution in [0.3, 0.4) is 0 Å². The molecule has 1 saturated heterocycles. The van der Waals surface area contributed by atoms with Crippen molar-refractivity contribution >= 4 is 76.0 Å². The van der Waals surface area contributed by atoms with Gasteiger partial charge in [-0.2, -0.15) is 0 Å². The molecule has 0 atom stereocenters. The number of amides is 4. The molecule has 0 unspecified atom stereocenters. The van der Waals surface area contributed by atoms with E-state index in [9.17, 15) is 14.4 Å². The van der Waals surface area contributed by atoms with E-state index in [1.807, 2.05) is 0 Å². The van der Waals surface area contributed by atoms with Gasteiger partial charge < -0.3 is 4.74 Å². The average molecular weight is 486 g/mol. The molecule has 3 rings (SSSR count). The van der Waals surface area contributed by atoms with Gasteiger partial charge in [-0.1, -0.05) is 59.1 Å². The summed E-state index contributed by atoms with van der Waals surface area (Å²) >= 11 is 24.2. The number of barbiturate groups is 1. The zero-order valence-corrected chi connectivity index (χ0v) is 18.1. The first-order valence-corrected chi connectivity index (χ1v) is 9.83. The summed E-state index contributed by atoms with van der Waals surface area (Å²) in [5, 5.41) is 2.86. The van der Waals surface area contributed by atoms with Gasteiger partial charge in [0.05, 0.1) is 25.8 Å². The van der Waals surface area contributed by atoms with Gasteiger partial charge >= 0.3 is 6.03 Å². The van der Waals surface area contributed by atoms with E-state index in [2.05, 4.69) is 11.9 Å². The second-order valence-electron chi connectivity index (χ2n) is 5.97. The van der Waals surface area contributed by atoms with Gasteiger partial charge in [-0.3, -0.25) is 14.9 Å². The first-order chi connectivity index (χ1) is 14.2. The van der Waals surface area contributed by atoms with E-state index in [1.165, 1.54) is 42.5 Å². The van der Waals surface area contributed by atoms with Crippen LogP contribution in [0.25, 0.3) is 6.08 Å². The molecule has 0 saturated carbocycles. The lowest BCUT2D eigenvalue weighted by molar-refractivity contribution is -0.122. The lowest BCUT2D eigenvalue weighted by Crippen LogP contribution is -2.54. The van der Waals surface area contributed by atoms with Crippen LogP contribution < -0.4 is 15.0 Å². The van der Waals surface area contributed by atoms with Gasteiger partial charge in [-0.15, -0.1) is 0 Å². The molecule has 0 radical (unpaired) electrons. The number of anilines is 1. The lowest BCUT2D eigenvalue weighted by atomic mass is 10.1. The fourth-order valence-electron chi connectivity index (χ4n) is 2.63. The molecule has 2 aromatic carbocycles. The molecular formula is C20H12Cl4N2O4. The summed E-state index contributed by atoms with van der Waals surface area (Å²) in [7, 11) is 0. The summed E-state index contributed by atoms with van der Waals surface area (Å²) in [6.45, 7) is 3.74. The van der Waals surface area contributed by atoms with Crippen molar-refractivity contribution in [1.82, 2.24) is 5.32 Å². The quantitative estimate of drug-likeness (QED) is 0.343. The minimum absolute atomic E-state index is 0.144. The maximum atomic E-state index is 12.9. The molecule has 0 spiro atoms. The maximum absolute atomic E-state index is 12.9. The minimum Gasteiger partial charge on any atom is -0.486 e. The summed E-state index contributed by atoms with van der Waals surface area (Å²) < 4.78 is 5.39. The standard InChI is InChI=1S/C20H12Cl4N2O4/c1-2-5-30-17-15(23)7-10(8-16(17)24)6-12-18(27)25-20(29)26(19(12)28)11-3-4-13(21)14(22)9-11/h2-4,6-9H,1,5H2,(H,25,27,29)/b12-6-. The van der Waals surface area contributed by atoms with Gasteiger partial charge in [0.15, 0.2) is 5.75 Å². The van der Waals surface area contributed by atoms with Crippen LogP contribution >= 0.6 is 46.4 Å². The highest BCUT2D eigenvalue weighted by molar-refractivity contribution is 6.43. The maximum Gasteiger partial charge on any atom is 0.335 e. The van der Waals surface area contributed by atoms with Crippen molar-refractivity contribution < 1.29 is 19.1 Å². The number of hydrogen-bond acceptors (Lipinski definition) is 4. The molecule has 30 heavy (non-hydrogen) atoms. The van der Waals surface area contributed by atoms with Crippen LogP contribution in [-0.4, -0.2) is 24.5 Å². The van der Waals surface area contributed by atoms with Crippen LogP contribution in [0.5, 0.6) is 5.75 Å². The second-order valence-corrected chi connectivity index (χ2v) is 7.60. The van der Waals surface area contributed by atoms with Gasteiger partial charge in [-0.05, 0) is 42.0 Å². The molecule has 1 fully saturated rings. The van der Waals surface area contributed by atoms with E-state index < -0.39 is 17.8 Å². The Morgan fingerprint density at radius 1 is 0.967 bits per heavy atom. The molecule has 4 amide bonds. The van der Waals surface area contributed by atoms with Crippen LogP contribution in [0.1, 0.15) is 5.56 Å². The fourth-order valence-corrected chi connectivity index (χ4v) is 3.53. The summed E-state index contributed by atoms with van der Waals surface area (Å²) in [5.74, 6) is -1.46. The van der Waals surface area contributed by atoms with Crippen LogP contribution in [0.2, 0.25) is 20.1 Å². The van der Waals surface area contributed by atoms with Gasteiger partial charge in [-0.25, -0.2) is 9.69 Å². The molecule has 6 nitrogen and oxygen atoms in total. The predicted molar refractivity (Wildman–Crippen MR) is 118 cm³/mol. The largest absolute Gasteiger partial charge is 0.486 e. The monoisotopic (exact) mass is 484 g/mol. The van der Waals surface area contributed by atoms with E-state index in [4.69, 9.17) is 51.1 Å². The Labute approximate surface area is 191 Å². The summed E-state index contributed by atoms with van der Waals surface area (Å²) in [4.78, 5) is 38.3. The number of benzene rings is 2. The average Bonchev–Trinajstić information content (AvgIpc) is 2.67. The van der Waals surface area contributed by atoms with E-state index in [0.29, 0.717) is 5.56 Å². The van der Waals surface area contributed by atoms with E-state index in [-0.39, 0.29) is 43.7 Å². The zero-order chi connectivity index (χ0) is 22.0. The molecule has 1 heterocycles. The summed E-state index contributed by atoms with van der Waals surface area (Å²) in [6, 6.07) is 6.23. The summed E-state index contributed by atoms with van der Waals surface area (Å²) in [6.07, 6.45) is 2.80. The number of ether oxygens (including phenoxy) is 1. The van der Waals surface area contributed by atoms with Crippen molar-refractivity contribution in [2.75, 3.05) is 11.5 Å². The van der Waals surface area contributed by atoms with Crippen molar-refractivity contribution in [1.29, 1.82) is 0 Å². The second kappa shape index (κ2) is 9.10. The minimum atomic E-state index is -0.912. The number of nitrogens with zero attached hydrogens (tertiary/aromatic N) is 1. The van der Waals surface area contributed by atoms with E-state index in [0.717, 1.165) is 4.90 Å². The van der Waals surface area contributed by atoms with Crippen LogP contribution in [0.15, 0.2) is 48.6 Å². The highest BCUT2D eigenvalue weighted by atomic mass is 35.5. The Balaban J connectivity index is 2.00. The number of carbonyl (C=O) groups excluding carboxylic acids is 3. The van der Waals surface area contributed by atoms with Gasteiger partial charge in [0, 0.05) is 0 Å². The molecular weight excluding hydrogens is 474 g/mol. The van der Waals surface area contributed by atoms with Crippen molar-refractivity contribution in [3.63, 3.8) is 0 Å². The number of urea groups is 1. The van der Waals surface area contributed by atoms with Gasteiger partial charge in [0.2, 0.25) is 0 Å². The Hall–Kier alpha value is -2.51. The summed E-state index contributed by atoms with van der Waals surface area (Å²) in [5.41, 5.74) is 0.208. The van der Waals surface area contributed by atoms with Crippen molar-refractivity contribution in [2.45, 2.75) is 0 Å². The molecule has 1 N–H and O–H groups in total. The van der Waals surface area contributed by atoms with E-state index >= 15 is 0 Å². The molecule has 1 aliphatic heterocycles. The number of carbonyl (C=O) groups is 3. The first kappa shape index (κ1) is 22.2. The molecule has 2 aromatic rings. The number of halogens is 4. The molecule has 0 aromatic heterocycles. The topological polar surface area (TPSA) is 75.7 Å². The lowest BCUT2D eigenvalue weighted by Gasteiger charge is -2.26. The molecule has 0 bridgehead atoms. The van der Waals surface area contributed by atoms with Gasteiger partial charge in [0.1, 0.15) is 12.2 Å². The van der Waals surface area contributed by atoms with E-state index in [1.54, 1.807) is 0 Å². The number of hydrogen-bond donors (Lipinski definition) is 1. The smallest absolute Gasteiger partial charge is 0.335 e. The highest BCUT2D eigenvalue weighted by Gasteiger charge is 2.37. The van der Waals surface area contributed by atoms with Crippen LogP contribution in [0.4, 0.5) is 10.5 Å². The Morgan fingerprint density at radius 3 is 2.23 bits per heavy atom. The molecule has 154 valence electrons. The third-order valence-corrected chi connectivity index (χ3v) is 5.24. The number of imide groups is 2. The Bertz CT molecular complexity index is 1090. The molecule has 1 aliphatic rings.